The van der Waals surface area contributed by atoms with E-state index >= 15 is 0 Å². The predicted molar refractivity (Wildman–Crippen MR) is 74.2 cm³/mol. The van der Waals surface area contributed by atoms with Crippen LogP contribution in [0.15, 0.2) is 24.3 Å². The number of pyridine rings is 1. The van der Waals surface area contributed by atoms with Crippen LogP contribution in [-0.2, 0) is 14.4 Å². The van der Waals surface area contributed by atoms with E-state index in [1.165, 1.54) is 6.08 Å². The van der Waals surface area contributed by atoms with Gasteiger partial charge in [0.2, 0.25) is 11.8 Å². The molecule has 1 aliphatic heterocycles. The van der Waals surface area contributed by atoms with Crippen molar-refractivity contribution in [2.75, 3.05) is 4.90 Å². The Morgan fingerprint density at radius 2 is 1.90 bits per heavy atom. The fourth-order valence-electron chi connectivity index (χ4n) is 3.03. The monoisotopic (exact) mass is 286 g/mol. The fraction of sp³-hybridized carbons (Fsp3) is 0.333. The van der Waals surface area contributed by atoms with Crippen molar-refractivity contribution < 1.29 is 19.5 Å². The summed E-state index contributed by atoms with van der Waals surface area (Å²) in [6, 6.07) is 4.86. The molecule has 2 fully saturated rings. The van der Waals surface area contributed by atoms with E-state index in [1.807, 2.05) is 0 Å². The number of rotatable bonds is 3. The van der Waals surface area contributed by atoms with Gasteiger partial charge >= 0.3 is 5.97 Å². The highest BCUT2D eigenvalue weighted by atomic mass is 16.4. The van der Waals surface area contributed by atoms with Crippen molar-refractivity contribution in [3.8, 4) is 0 Å². The van der Waals surface area contributed by atoms with Crippen LogP contribution in [0.4, 0.5) is 5.82 Å². The van der Waals surface area contributed by atoms with Crippen molar-refractivity contribution in [2.24, 2.45) is 11.8 Å². The number of carboxylic acid groups (broad SMARTS) is 1. The van der Waals surface area contributed by atoms with Gasteiger partial charge in [0.1, 0.15) is 5.82 Å². The van der Waals surface area contributed by atoms with Crippen molar-refractivity contribution in [1.29, 1.82) is 0 Å². The van der Waals surface area contributed by atoms with E-state index in [2.05, 4.69) is 4.98 Å². The van der Waals surface area contributed by atoms with Crippen LogP contribution in [-0.4, -0.2) is 27.9 Å². The molecule has 2 unspecified atom stereocenters. The number of carboxylic acids is 1. The lowest BCUT2D eigenvalue weighted by atomic mass is 10.00. The number of carbonyl (C=O) groups excluding carboxylic acids is 2. The van der Waals surface area contributed by atoms with E-state index < -0.39 is 5.97 Å². The molecule has 108 valence electrons. The maximum absolute atomic E-state index is 12.3. The number of imide groups is 1. The molecule has 2 aliphatic rings. The zero-order valence-electron chi connectivity index (χ0n) is 11.2. The number of amides is 2. The number of carbonyl (C=O) groups is 3. The normalized spacial score (nSPS) is 24.9. The van der Waals surface area contributed by atoms with Gasteiger partial charge in [0, 0.05) is 6.08 Å². The van der Waals surface area contributed by atoms with Crippen molar-refractivity contribution in [2.45, 2.75) is 19.3 Å². The Labute approximate surface area is 121 Å². The molecule has 1 aromatic rings. The molecule has 3 rings (SSSR count). The van der Waals surface area contributed by atoms with E-state index in [4.69, 9.17) is 5.11 Å². The van der Waals surface area contributed by atoms with Gasteiger partial charge in [-0.2, -0.15) is 0 Å². The molecule has 0 aromatic carbocycles. The van der Waals surface area contributed by atoms with Gasteiger partial charge in [0.05, 0.1) is 17.5 Å². The second-order valence-electron chi connectivity index (χ2n) is 5.25. The fourth-order valence-corrected chi connectivity index (χ4v) is 3.03. The molecule has 1 saturated carbocycles. The molecule has 0 spiro atoms. The van der Waals surface area contributed by atoms with Gasteiger partial charge < -0.3 is 5.11 Å². The average Bonchev–Trinajstić information content (AvgIpc) is 3.02. The third kappa shape index (κ3) is 2.33. The standard InChI is InChI=1S/C15H14N2O4/c18-13(19)8-7-9-3-1-6-12(16-9)17-14(20)10-4-2-5-11(10)15(17)21/h1,3,6-8,10-11H,2,4-5H2,(H,18,19)/b8-7+. The minimum absolute atomic E-state index is 0.186. The molecule has 2 atom stereocenters. The molecule has 1 aliphatic carbocycles. The Bertz CT molecular complexity index is 631. The van der Waals surface area contributed by atoms with Gasteiger partial charge in [-0.3, -0.25) is 9.59 Å². The number of hydrogen-bond acceptors (Lipinski definition) is 4. The Morgan fingerprint density at radius 3 is 2.52 bits per heavy atom. The van der Waals surface area contributed by atoms with Crippen molar-refractivity contribution in [3.63, 3.8) is 0 Å². The van der Waals surface area contributed by atoms with E-state index in [9.17, 15) is 14.4 Å². The molecule has 21 heavy (non-hydrogen) atoms. The molecular formula is C15H14N2O4. The van der Waals surface area contributed by atoms with E-state index in [-0.39, 0.29) is 29.5 Å². The molecule has 1 saturated heterocycles. The van der Waals surface area contributed by atoms with Gasteiger partial charge in [-0.25, -0.2) is 14.7 Å². The summed E-state index contributed by atoms with van der Waals surface area (Å²) in [5, 5.41) is 8.62. The lowest BCUT2D eigenvalue weighted by molar-refractivity contribution is -0.131. The molecule has 0 radical (unpaired) electrons. The Hall–Kier alpha value is -2.50. The summed E-state index contributed by atoms with van der Waals surface area (Å²) < 4.78 is 0. The second kappa shape index (κ2) is 5.12. The quantitative estimate of drug-likeness (QED) is 0.671. The van der Waals surface area contributed by atoms with Gasteiger partial charge in [-0.15, -0.1) is 0 Å². The molecule has 1 aromatic heterocycles. The van der Waals surface area contributed by atoms with Crippen LogP contribution >= 0.6 is 0 Å². The maximum Gasteiger partial charge on any atom is 0.328 e. The van der Waals surface area contributed by atoms with Crippen molar-refractivity contribution in [3.05, 3.63) is 30.0 Å². The topological polar surface area (TPSA) is 87.6 Å². The minimum Gasteiger partial charge on any atom is -0.478 e. The summed E-state index contributed by atoms with van der Waals surface area (Å²) in [4.78, 5) is 40.5. The number of aliphatic carboxylic acids is 1. The van der Waals surface area contributed by atoms with Crippen molar-refractivity contribution in [1.82, 2.24) is 4.98 Å². The first-order valence-electron chi connectivity index (χ1n) is 6.84. The Kier molecular flexibility index (Phi) is 3.29. The lowest BCUT2D eigenvalue weighted by Crippen LogP contribution is -2.32. The average molecular weight is 286 g/mol. The largest absolute Gasteiger partial charge is 0.478 e. The molecule has 2 amide bonds. The molecule has 2 heterocycles. The number of hydrogen-bond donors (Lipinski definition) is 1. The van der Waals surface area contributed by atoms with E-state index in [1.54, 1.807) is 18.2 Å². The zero-order valence-corrected chi connectivity index (χ0v) is 11.2. The van der Waals surface area contributed by atoms with Crippen LogP contribution in [0.2, 0.25) is 0 Å². The first-order valence-corrected chi connectivity index (χ1v) is 6.84. The highest BCUT2D eigenvalue weighted by molar-refractivity contribution is 6.21. The summed E-state index contributed by atoms with van der Waals surface area (Å²) in [6.07, 6.45) is 4.72. The third-order valence-corrected chi connectivity index (χ3v) is 3.97. The Balaban J connectivity index is 1.90. The summed E-state index contributed by atoms with van der Waals surface area (Å²) >= 11 is 0. The molecule has 1 N–H and O–H groups in total. The van der Waals surface area contributed by atoms with Gasteiger partial charge in [-0.1, -0.05) is 12.5 Å². The third-order valence-electron chi connectivity index (χ3n) is 3.97. The van der Waals surface area contributed by atoms with Crippen LogP contribution in [0.25, 0.3) is 6.08 Å². The molecule has 6 nitrogen and oxygen atoms in total. The predicted octanol–water partition coefficient (Wildman–Crippen LogP) is 1.47. The Morgan fingerprint density at radius 1 is 1.24 bits per heavy atom. The first-order chi connectivity index (χ1) is 10.1. The SMILES string of the molecule is O=C(O)/C=C/c1cccc(N2C(=O)C3CCCC3C2=O)n1. The van der Waals surface area contributed by atoms with Gasteiger partial charge in [0.15, 0.2) is 0 Å². The van der Waals surface area contributed by atoms with Gasteiger partial charge in [-0.05, 0) is 31.1 Å². The summed E-state index contributed by atoms with van der Waals surface area (Å²) in [5.74, 6) is -1.60. The smallest absolute Gasteiger partial charge is 0.328 e. The minimum atomic E-state index is -1.08. The van der Waals surface area contributed by atoms with Crippen LogP contribution in [0.1, 0.15) is 25.0 Å². The first kappa shape index (κ1) is 13.5. The lowest BCUT2D eigenvalue weighted by Gasteiger charge is -2.14. The number of fused-ring (bicyclic) bond motifs is 1. The van der Waals surface area contributed by atoms with Crippen LogP contribution < -0.4 is 4.90 Å². The highest BCUT2D eigenvalue weighted by Crippen LogP contribution is 2.41. The number of nitrogens with zero attached hydrogens (tertiary/aromatic N) is 2. The van der Waals surface area contributed by atoms with E-state index in [0.717, 1.165) is 30.2 Å². The highest BCUT2D eigenvalue weighted by Gasteiger charge is 2.50. The zero-order chi connectivity index (χ0) is 15.0. The van der Waals surface area contributed by atoms with E-state index in [0.29, 0.717) is 5.69 Å². The molecular weight excluding hydrogens is 272 g/mol. The summed E-state index contributed by atoms with van der Waals surface area (Å²) in [7, 11) is 0. The maximum atomic E-state index is 12.3. The number of anilines is 1. The van der Waals surface area contributed by atoms with Crippen molar-refractivity contribution >= 4 is 29.7 Å². The van der Waals surface area contributed by atoms with Gasteiger partial charge in [0.25, 0.3) is 0 Å². The molecule has 6 heteroatoms. The summed E-state index contributed by atoms with van der Waals surface area (Å²) in [6.45, 7) is 0. The summed E-state index contributed by atoms with van der Waals surface area (Å²) in [5.41, 5.74) is 0.396. The number of aromatic nitrogens is 1. The second-order valence-corrected chi connectivity index (χ2v) is 5.25. The molecule has 0 bridgehead atoms. The van der Waals surface area contributed by atoms with Crippen LogP contribution in [0.3, 0.4) is 0 Å². The van der Waals surface area contributed by atoms with Crippen LogP contribution in [0, 0.1) is 11.8 Å². The van der Waals surface area contributed by atoms with Crippen LogP contribution in [0.5, 0.6) is 0 Å².